The minimum atomic E-state index is -3.68. The highest BCUT2D eigenvalue weighted by Crippen LogP contribution is 2.51. The van der Waals surface area contributed by atoms with Crippen molar-refractivity contribution < 1.29 is 27.8 Å². The van der Waals surface area contributed by atoms with Crippen LogP contribution in [0.2, 0.25) is 0 Å². The summed E-state index contributed by atoms with van der Waals surface area (Å²) in [4.78, 5) is 18.0. The van der Waals surface area contributed by atoms with Crippen molar-refractivity contribution in [1.29, 1.82) is 0 Å². The van der Waals surface area contributed by atoms with Crippen LogP contribution in [0.5, 0.6) is 11.5 Å². The van der Waals surface area contributed by atoms with E-state index in [1.165, 1.54) is 4.31 Å². The van der Waals surface area contributed by atoms with Crippen LogP contribution in [0.1, 0.15) is 31.2 Å². The van der Waals surface area contributed by atoms with Gasteiger partial charge < -0.3 is 19.9 Å². The number of carbonyl (C=O) groups excluding carboxylic acids is 1. The zero-order valence-corrected chi connectivity index (χ0v) is 20.9. The predicted octanol–water partition coefficient (Wildman–Crippen LogP) is 3.29. The fraction of sp³-hybridized carbons (Fsp3) is 0.333. The van der Waals surface area contributed by atoms with Gasteiger partial charge in [-0.2, -0.15) is 4.31 Å². The Morgan fingerprint density at radius 1 is 1.08 bits per heavy atom. The highest BCUT2D eigenvalue weighted by molar-refractivity contribution is 7.89. The molecule has 0 bridgehead atoms. The number of hydrogen-bond donors (Lipinski definition) is 2. The van der Waals surface area contributed by atoms with Gasteiger partial charge in [-0.3, -0.25) is 4.79 Å². The van der Waals surface area contributed by atoms with Crippen LogP contribution in [0.25, 0.3) is 11.3 Å². The molecule has 2 fully saturated rings. The van der Waals surface area contributed by atoms with Gasteiger partial charge in [-0.05, 0) is 67.6 Å². The third kappa shape index (κ3) is 4.24. The van der Waals surface area contributed by atoms with Gasteiger partial charge in [0, 0.05) is 18.2 Å². The quantitative estimate of drug-likeness (QED) is 0.490. The molecule has 3 aromatic rings. The lowest BCUT2D eigenvalue weighted by Crippen LogP contribution is -2.37. The summed E-state index contributed by atoms with van der Waals surface area (Å²) in [6.07, 6.45) is 2.87. The summed E-state index contributed by atoms with van der Waals surface area (Å²) in [6.45, 7) is 0.408. The number of aromatic nitrogens is 1. The second kappa shape index (κ2) is 9.13. The smallest absolute Gasteiger partial charge is 0.243 e. The number of amides is 1. The first kappa shape index (κ1) is 23.9. The van der Waals surface area contributed by atoms with E-state index in [0.717, 1.165) is 30.4 Å². The number of anilines is 1. The first-order valence-corrected chi connectivity index (χ1v) is 13.8. The number of hydrogen-bond acceptors (Lipinski definition) is 7. The van der Waals surface area contributed by atoms with Crippen LogP contribution < -0.4 is 14.8 Å². The maximum absolute atomic E-state index is 13.3. The molecule has 192 valence electrons. The molecule has 1 atom stereocenters. The number of rotatable bonds is 7. The summed E-state index contributed by atoms with van der Waals surface area (Å²) in [7, 11) is -3.68. The molecule has 1 aliphatic carbocycles. The first-order chi connectivity index (χ1) is 17.9. The Labute approximate surface area is 215 Å². The summed E-state index contributed by atoms with van der Waals surface area (Å²) < 4.78 is 38.3. The molecule has 6 rings (SSSR count). The molecule has 2 aliphatic heterocycles. The lowest BCUT2D eigenvalue weighted by Gasteiger charge is -2.22. The lowest BCUT2D eigenvalue weighted by molar-refractivity contribution is -0.118. The van der Waals surface area contributed by atoms with E-state index in [4.69, 9.17) is 9.47 Å². The Balaban J connectivity index is 1.19. The van der Waals surface area contributed by atoms with Crippen LogP contribution in [-0.4, -0.2) is 54.7 Å². The molecule has 0 radical (unpaired) electrons. The molecule has 37 heavy (non-hydrogen) atoms. The monoisotopic (exact) mass is 521 g/mol. The van der Waals surface area contributed by atoms with Crippen molar-refractivity contribution in [1.82, 2.24) is 9.29 Å². The van der Waals surface area contributed by atoms with Gasteiger partial charge in [0.1, 0.15) is 5.82 Å². The molecule has 9 nitrogen and oxygen atoms in total. The van der Waals surface area contributed by atoms with E-state index in [1.807, 2.05) is 24.3 Å². The third-order valence-electron chi connectivity index (χ3n) is 7.39. The molecule has 0 spiro atoms. The first-order valence-electron chi connectivity index (χ1n) is 12.3. The van der Waals surface area contributed by atoms with Crippen molar-refractivity contribution in [3.05, 3.63) is 66.2 Å². The SMILES string of the molecule is O=C(Nc1cccc(-c2ccc(S(=O)(=O)N3CCCC3CO)cc2)n1)C1(c2ccc3c(c2)OCO3)CC1. The summed E-state index contributed by atoms with van der Waals surface area (Å²) in [5.74, 6) is 1.64. The van der Waals surface area contributed by atoms with E-state index in [0.29, 0.717) is 36.0 Å². The molecule has 1 saturated heterocycles. The van der Waals surface area contributed by atoms with Crippen molar-refractivity contribution in [2.75, 3.05) is 25.3 Å². The largest absolute Gasteiger partial charge is 0.454 e. The van der Waals surface area contributed by atoms with Crippen molar-refractivity contribution >= 4 is 21.7 Å². The molecule has 2 aromatic carbocycles. The van der Waals surface area contributed by atoms with E-state index < -0.39 is 15.4 Å². The van der Waals surface area contributed by atoms with Gasteiger partial charge in [0.15, 0.2) is 11.5 Å². The fourth-order valence-electron chi connectivity index (χ4n) is 5.11. The highest BCUT2D eigenvalue weighted by Gasteiger charge is 2.51. The topological polar surface area (TPSA) is 118 Å². The number of nitrogens with one attached hydrogen (secondary N) is 1. The van der Waals surface area contributed by atoms with Crippen LogP contribution in [0.15, 0.2) is 65.6 Å². The Morgan fingerprint density at radius 2 is 1.86 bits per heavy atom. The molecule has 3 aliphatic rings. The maximum Gasteiger partial charge on any atom is 0.243 e. The van der Waals surface area contributed by atoms with Crippen LogP contribution >= 0.6 is 0 Å². The molecule has 1 unspecified atom stereocenters. The van der Waals surface area contributed by atoms with Gasteiger partial charge in [0.25, 0.3) is 0 Å². The number of pyridine rings is 1. The van der Waals surface area contributed by atoms with Gasteiger partial charge in [-0.15, -0.1) is 0 Å². The van der Waals surface area contributed by atoms with E-state index in [-0.39, 0.29) is 30.2 Å². The minimum absolute atomic E-state index is 0.124. The highest BCUT2D eigenvalue weighted by atomic mass is 32.2. The molecule has 2 N–H and O–H groups in total. The van der Waals surface area contributed by atoms with Gasteiger partial charge in [0.2, 0.25) is 22.7 Å². The van der Waals surface area contributed by atoms with Crippen molar-refractivity contribution in [3.8, 4) is 22.8 Å². The zero-order valence-electron chi connectivity index (χ0n) is 20.1. The standard InChI is InChI=1S/C27H27N3O6S/c31-16-20-3-2-14-30(20)37(33,34)21-9-6-18(7-10-21)22-4-1-5-25(28-22)29-26(32)27(12-13-27)19-8-11-23-24(15-19)36-17-35-23/h1,4-11,15,20,31H,2-3,12-14,16-17H2,(H,28,29,32). The number of carbonyl (C=O) groups is 1. The summed E-state index contributed by atoms with van der Waals surface area (Å²) >= 11 is 0. The average Bonchev–Trinajstić information content (AvgIpc) is 3.35. The number of nitrogens with zero attached hydrogens (tertiary/aromatic N) is 2. The molecule has 10 heteroatoms. The third-order valence-corrected chi connectivity index (χ3v) is 9.36. The number of fused-ring (bicyclic) bond motifs is 1. The predicted molar refractivity (Wildman–Crippen MR) is 136 cm³/mol. The summed E-state index contributed by atoms with van der Waals surface area (Å²) in [5.41, 5.74) is 1.62. The lowest BCUT2D eigenvalue weighted by atomic mass is 9.94. The maximum atomic E-state index is 13.3. The van der Waals surface area contributed by atoms with E-state index in [9.17, 15) is 18.3 Å². The van der Waals surface area contributed by atoms with Crippen LogP contribution in [0.4, 0.5) is 5.82 Å². The molecule has 3 heterocycles. The zero-order chi connectivity index (χ0) is 25.6. The van der Waals surface area contributed by atoms with Crippen LogP contribution in [0, 0.1) is 0 Å². The molecule has 1 aromatic heterocycles. The Kier molecular flexibility index (Phi) is 5.89. The van der Waals surface area contributed by atoms with Gasteiger partial charge in [-0.1, -0.05) is 24.3 Å². The average molecular weight is 522 g/mol. The fourth-order valence-corrected chi connectivity index (χ4v) is 6.79. The normalized spacial score (nSPS) is 20.1. The van der Waals surface area contributed by atoms with Crippen molar-refractivity contribution in [2.45, 2.75) is 42.0 Å². The number of benzene rings is 2. The molecule has 1 saturated carbocycles. The number of ether oxygens (including phenoxy) is 2. The molecular weight excluding hydrogens is 494 g/mol. The van der Waals surface area contributed by atoms with Gasteiger partial charge in [-0.25, -0.2) is 13.4 Å². The van der Waals surface area contributed by atoms with E-state index in [2.05, 4.69) is 10.3 Å². The number of aliphatic hydroxyl groups excluding tert-OH is 1. The van der Waals surface area contributed by atoms with Crippen LogP contribution in [-0.2, 0) is 20.2 Å². The van der Waals surface area contributed by atoms with Crippen LogP contribution in [0.3, 0.4) is 0 Å². The van der Waals surface area contributed by atoms with Crippen molar-refractivity contribution in [3.63, 3.8) is 0 Å². The second-order valence-corrected chi connectivity index (χ2v) is 11.5. The van der Waals surface area contributed by atoms with Gasteiger partial charge >= 0.3 is 0 Å². The number of aliphatic hydroxyl groups is 1. The van der Waals surface area contributed by atoms with Crippen molar-refractivity contribution in [2.24, 2.45) is 0 Å². The Morgan fingerprint density at radius 3 is 2.62 bits per heavy atom. The molecular formula is C27H27N3O6S. The Bertz CT molecular complexity index is 1450. The number of sulfonamides is 1. The summed E-state index contributed by atoms with van der Waals surface area (Å²) in [6, 6.07) is 17.1. The van der Waals surface area contributed by atoms with E-state index in [1.54, 1.807) is 36.4 Å². The second-order valence-electron chi connectivity index (χ2n) is 9.63. The summed E-state index contributed by atoms with van der Waals surface area (Å²) in [5, 5.41) is 12.5. The Hall–Kier alpha value is -3.47. The van der Waals surface area contributed by atoms with E-state index >= 15 is 0 Å². The molecule has 1 amide bonds. The van der Waals surface area contributed by atoms with Gasteiger partial charge in [0.05, 0.1) is 22.6 Å². The minimum Gasteiger partial charge on any atom is -0.454 e.